The number of amides is 1. The van der Waals surface area contributed by atoms with Crippen molar-refractivity contribution in [3.8, 4) is 0 Å². The van der Waals surface area contributed by atoms with Crippen molar-refractivity contribution in [1.29, 1.82) is 0 Å². The molecule has 1 aromatic carbocycles. The van der Waals surface area contributed by atoms with Gasteiger partial charge in [0.1, 0.15) is 0 Å². The number of carbonyl (C=O) groups is 1. The molecule has 1 aromatic heterocycles. The molecule has 2 rings (SSSR count). The summed E-state index contributed by atoms with van der Waals surface area (Å²) in [4.78, 5) is 15.9. The van der Waals surface area contributed by atoms with Crippen molar-refractivity contribution in [3.63, 3.8) is 0 Å². The van der Waals surface area contributed by atoms with Gasteiger partial charge in [0, 0.05) is 24.4 Å². The van der Waals surface area contributed by atoms with Crippen LogP contribution in [-0.2, 0) is 5.41 Å². The SMILES string of the molecule is CC(C)(CNC(=O)c1cccnc1)c1ccccc1. The maximum absolute atomic E-state index is 12.0. The maximum Gasteiger partial charge on any atom is 0.252 e. The standard InChI is InChI=1S/C16H18N2O/c1-16(2,14-8-4-3-5-9-14)12-18-15(19)13-7-6-10-17-11-13/h3-11H,12H2,1-2H3,(H,18,19). The van der Waals surface area contributed by atoms with Gasteiger partial charge in [0.2, 0.25) is 0 Å². The first-order valence-corrected chi connectivity index (χ1v) is 6.33. The van der Waals surface area contributed by atoms with Gasteiger partial charge in [-0.1, -0.05) is 44.2 Å². The summed E-state index contributed by atoms with van der Waals surface area (Å²) >= 11 is 0. The Morgan fingerprint density at radius 2 is 1.89 bits per heavy atom. The maximum atomic E-state index is 12.0. The lowest BCUT2D eigenvalue weighted by Crippen LogP contribution is -2.36. The molecule has 0 atom stereocenters. The van der Waals surface area contributed by atoms with Crippen molar-refractivity contribution < 1.29 is 4.79 Å². The molecule has 0 saturated carbocycles. The Morgan fingerprint density at radius 3 is 2.53 bits per heavy atom. The van der Waals surface area contributed by atoms with Crippen LogP contribution in [0.25, 0.3) is 0 Å². The van der Waals surface area contributed by atoms with Crippen molar-refractivity contribution in [1.82, 2.24) is 10.3 Å². The quantitative estimate of drug-likeness (QED) is 0.911. The Morgan fingerprint density at radius 1 is 1.16 bits per heavy atom. The molecule has 0 fully saturated rings. The second kappa shape index (κ2) is 5.65. The predicted molar refractivity (Wildman–Crippen MR) is 76.0 cm³/mol. The number of pyridine rings is 1. The number of rotatable bonds is 4. The highest BCUT2D eigenvalue weighted by atomic mass is 16.1. The van der Waals surface area contributed by atoms with Crippen LogP contribution in [0.5, 0.6) is 0 Å². The van der Waals surface area contributed by atoms with Crippen LogP contribution in [0, 0.1) is 0 Å². The van der Waals surface area contributed by atoms with Gasteiger partial charge in [-0.15, -0.1) is 0 Å². The lowest BCUT2D eigenvalue weighted by atomic mass is 9.84. The van der Waals surface area contributed by atoms with Crippen LogP contribution in [0.2, 0.25) is 0 Å². The minimum absolute atomic E-state index is 0.0860. The summed E-state index contributed by atoms with van der Waals surface area (Å²) in [7, 11) is 0. The fourth-order valence-corrected chi connectivity index (χ4v) is 1.89. The molecule has 0 unspecified atom stereocenters. The molecule has 0 saturated heterocycles. The highest BCUT2D eigenvalue weighted by Gasteiger charge is 2.21. The van der Waals surface area contributed by atoms with E-state index in [-0.39, 0.29) is 11.3 Å². The lowest BCUT2D eigenvalue weighted by molar-refractivity contribution is 0.0945. The van der Waals surface area contributed by atoms with Crippen LogP contribution in [0.3, 0.4) is 0 Å². The number of benzene rings is 1. The van der Waals surface area contributed by atoms with Gasteiger partial charge < -0.3 is 5.32 Å². The fourth-order valence-electron chi connectivity index (χ4n) is 1.89. The van der Waals surface area contributed by atoms with E-state index in [1.807, 2.05) is 18.2 Å². The van der Waals surface area contributed by atoms with E-state index in [0.717, 1.165) is 0 Å². The number of aromatic nitrogens is 1. The Kier molecular flexibility index (Phi) is 3.95. The van der Waals surface area contributed by atoms with Gasteiger partial charge >= 0.3 is 0 Å². The second-order valence-corrected chi connectivity index (χ2v) is 5.17. The van der Waals surface area contributed by atoms with Crippen molar-refractivity contribution in [2.45, 2.75) is 19.3 Å². The molecule has 98 valence electrons. The van der Waals surface area contributed by atoms with Crippen LogP contribution < -0.4 is 5.32 Å². The van der Waals surface area contributed by atoms with Gasteiger partial charge in [-0.25, -0.2) is 0 Å². The third-order valence-electron chi connectivity index (χ3n) is 3.17. The molecule has 19 heavy (non-hydrogen) atoms. The van der Waals surface area contributed by atoms with Crippen molar-refractivity contribution in [2.24, 2.45) is 0 Å². The Bertz CT molecular complexity index is 535. The van der Waals surface area contributed by atoms with Gasteiger partial charge in [0.25, 0.3) is 5.91 Å². The topological polar surface area (TPSA) is 42.0 Å². The summed E-state index contributed by atoms with van der Waals surface area (Å²) in [6, 6.07) is 13.7. The third-order valence-corrected chi connectivity index (χ3v) is 3.17. The van der Waals surface area contributed by atoms with Crippen molar-refractivity contribution in [3.05, 3.63) is 66.0 Å². The number of nitrogens with one attached hydrogen (secondary N) is 1. The van der Waals surface area contributed by atoms with Crippen LogP contribution in [-0.4, -0.2) is 17.4 Å². The molecular weight excluding hydrogens is 236 g/mol. The second-order valence-electron chi connectivity index (χ2n) is 5.17. The summed E-state index contributed by atoms with van der Waals surface area (Å²) in [5, 5.41) is 2.96. The van der Waals surface area contributed by atoms with Gasteiger partial charge in [-0.2, -0.15) is 0 Å². The first kappa shape index (κ1) is 13.3. The first-order valence-electron chi connectivity index (χ1n) is 6.33. The normalized spacial score (nSPS) is 11.1. The zero-order chi connectivity index (χ0) is 13.7. The average molecular weight is 254 g/mol. The van der Waals surface area contributed by atoms with Gasteiger partial charge in [0.05, 0.1) is 5.56 Å². The number of hydrogen-bond acceptors (Lipinski definition) is 2. The van der Waals surface area contributed by atoms with Crippen LogP contribution in [0.15, 0.2) is 54.9 Å². The molecule has 0 radical (unpaired) electrons. The minimum Gasteiger partial charge on any atom is -0.351 e. The van der Waals surface area contributed by atoms with Crippen molar-refractivity contribution in [2.75, 3.05) is 6.54 Å². The summed E-state index contributed by atoms with van der Waals surface area (Å²) in [6.07, 6.45) is 3.23. The van der Waals surface area contributed by atoms with E-state index in [2.05, 4.69) is 36.3 Å². The monoisotopic (exact) mass is 254 g/mol. The Balaban J connectivity index is 2.01. The average Bonchev–Trinajstić information content (AvgIpc) is 2.47. The predicted octanol–water partition coefficient (Wildman–Crippen LogP) is 2.79. The molecule has 1 amide bonds. The highest BCUT2D eigenvalue weighted by molar-refractivity contribution is 5.93. The van der Waals surface area contributed by atoms with Gasteiger partial charge in [0.15, 0.2) is 0 Å². The summed E-state index contributed by atoms with van der Waals surface area (Å²) in [5.74, 6) is -0.0860. The van der Waals surface area contributed by atoms with Crippen LogP contribution >= 0.6 is 0 Å². The van der Waals surface area contributed by atoms with Crippen LogP contribution in [0.4, 0.5) is 0 Å². The largest absolute Gasteiger partial charge is 0.351 e. The minimum atomic E-state index is -0.0981. The summed E-state index contributed by atoms with van der Waals surface area (Å²) in [6.45, 7) is 4.82. The van der Waals surface area contributed by atoms with E-state index >= 15 is 0 Å². The zero-order valence-electron chi connectivity index (χ0n) is 11.3. The molecule has 0 bridgehead atoms. The Hall–Kier alpha value is -2.16. The van der Waals surface area contributed by atoms with E-state index in [1.54, 1.807) is 24.5 Å². The van der Waals surface area contributed by atoms with E-state index in [0.29, 0.717) is 12.1 Å². The van der Waals surface area contributed by atoms with Crippen LogP contribution in [0.1, 0.15) is 29.8 Å². The number of nitrogens with zero attached hydrogens (tertiary/aromatic N) is 1. The number of hydrogen-bond donors (Lipinski definition) is 1. The molecule has 0 aliphatic rings. The molecule has 0 spiro atoms. The molecular formula is C16H18N2O. The first-order chi connectivity index (χ1) is 9.09. The van der Waals surface area contributed by atoms with Crippen molar-refractivity contribution >= 4 is 5.91 Å². The molecule has 3 nitrogen and oxygen atoms in total. The third kappa shape index (κ3) is 3.41. The summed E-state index contributed by atoms with van der Waals surface area (Å²) in [5.41, 5.74) is 1.70. The number of carbonyl (C=O) groups excluding carboxylic acids is 1. The molecule has 3 heteroatoms. The zero-order valence-corrected chi connectivity index (χ0v) is 11.3. The molecule has 2 aromatic rings. The lowest BCUT2D eigenvalue weighted by Gasteiger charge is -2.25. The smallest absolute Gasteiger partial charge is 0.252 e. The Labute approximate surface area is 113 Å². The van der Waals surface area contributed by atoms with E-state index in [4.69, 9.17) is 0 Å². The van der Waals surface area contributed by atoms with Gasteiger partial charge in [-0.3, -0.25) is 9.78 Å². The molecule has 1 heterocycles. The van der Waals surface area contributed by atoms with E-state index in [9.17, 15) is 4.79 Å². The highest BCUT2D eigenvalue weighted by Crippen LogP contribution is 2.21. The van der Waals surface area contributed by atoms with Gasteiger partial charge in [-0.05, 0) is 17.7 Å². The molecule has 1 N–H and O–H groups in total. The molecule has 0 aliphatic carbocycles. The van der Waals surface area contributed by atoms with E-state index in [1.165, 1.54) is 5.56 Å². The fraction of sp³-hybridized carbons (Fsp3) is 0.250. The summed E-state index contributed by atoms with van der Waals surface area (Å²) < 4.78 is 0. The van der Waals surface area contributed by atoms with E-state index < -0.39 is 0 Å². The molecule has 0 aliphatic heterocycles.